The van der Waals surface area contributed by atoms with Gasteiger partial charge in [-0.1, -0.05) is 6.42 Å². The van der Waals surface area contributed by atoms with E-state index in [-0.39, 0.29) is 5.41 Å². The van der Waals surface area contributed by atoms with Crippen LogP contribution in [0.25, 0.3) is 0 Å². The van der Waals surface area contributed by atoms with Crippen molar-refractivity contribution in [3.05, 3.63) is 0 Å². The monoisotopic (exact) mass is 168 g/mol. The summed E-state index contributed by atoms with van der Waals surface area (Å²) in [5.41, 5.74) is -0.382. The fourth-order valence-corrected chi connectivity index (χ4v) is 1.43. The average Bonchev–Trinajstić information content (AvgIpc) is 1.96. The first-order chi connectivity index (χ1) is 5.59. The van der Waals surface area contributed by atoms with Gasteiger partial charge in [0.1, 0.15) is 0 Å². The van der Waals surface area contributed by atoms with Gasteiger partial charge in [0, 0.05) is 13.6 Å². The minimum Gasteiger partial charge on any atom is -0.465 e. The van der Waals surface area contributed by atoms with Crippen LogP contribution in [0.4, 0.5) is 4.79 Å². The largest absolute Gasteiger partial charge is 0.465 e. The van der Waals surface area contributed by atoms with Crippen molar-refractivity contribution in [3.63, 3.8) is 0 Å². The average molecular weight is 168 g/mol. The molecule has 0 aromatic carbocycles. The molecule has 4 heteroatoms. The van der Waals surface area contributed by atoms with Gasteiger partial charge in [0.25, 0.3) is 0 Å². The third-order valence-corrected chi connectivity index (χ3v) is 2.41. The van der Waals surface area contributed by atoms with Gasteiger partial charge in [-0.25, -0.2) is 4.79 Å². The molecule has 4 nitrogen and oxygen atoms in total. The Bertz CT molecular complexity index is 228. The molecule has 0 heterocycles. The molecule has 12 heavy (non-hydrogen) atoms. The maximum Gasteiger partial charge on any atom is 0.407 e. The lowest BCUT2D eigenvalue weighted by atomic mass is 9.70. The molecule has 1 fully saturated rings. The maximum atomic E-state index is 10.4. The summed E-state index contributed by atoms with van der Waals surface area (Å²) < 4.78 is 0. The van der Waals surface area contributed by atoms with Crippen LogP contribution < -0.4 is 0 Å². The van der Waals surface area contributed by atoms with Crippen LogP contribution in [0.15, 0.2) is 0 Å². The van der Waals surface area contributed by atoms with Gasteiger partial charge in [-0.3, -0.25) is 0 Å². The Labute approximate surface area is 71.4 Å². The molecule has 0 spiro atoms. The van der Waals surface area contributed by atoms with Gasteiger partial charge in [-0.05, 0) is 12.8 Å². The lowest BCUT2D eigenvalue weighted by Crippen LogP contribution is -2.41. The molecule has 66 valence electrons. The molecule has 0 aromatic rings. The Kier molecular flexibility index (Phi) is 2.22. The summed E-state index contributed by atoms with van der Waals surface area (Å²) >= 11 is 0. The van der Waals surface area contributed by atoms with E-state index >= 15 is 0 Å². The summed E-state index contributed by atoms with van der Waals surface area (Å²) in [6.45, 7) is 0.346. The Balaban J connectivity index is 2.50. The number of hydrogen-bond donors (Lipinski definition) is 1. The second-order valence-corrected chi connectivity index (χ2v) is 3.38. The van der Waals surface area contributed by atoms with E-state index in [0.717, 1.165) is 19.3 Å². The highest BCUT2D eigenvalue weighted by Crippen LogP contribution is 2.40. The van der Waals surface area contributed by atoms with Crippen LogP contribution >= 0.6 is 0 Å². The van der Waals surface area contributed by atoms with Crippen LogP contribution in [0.5, 0.6) is 0 Å². The van der Waals surface area contributed by atoms with E-state index in [2.05, 4.69) is 6.07 Å². The molecule has 0 aliphatic heterocycles. The van der Waals surface area contributed by atoms with Crippen molar-refractivity contribution >= 4 is 6.09 Å². The molecule has 1 saturated carbocycles. The lowest BCUT2D eigenvalue weighted by molar-refractivity contribution is 0.112. The van der Waals surface area contributed by atoms with Crippen LogP contribution in [-0.4, -0.2) is 29.7 Å². The minimum atomic E-state index is -0.962. The van der Waals surface area contributed by atoms with E-state index in [9.17, 15) is 4.79 Å². The fraction of sp³-hybridized carbons (Fsp3) is 0.750. The Morgan fingerprint density at radius 1 is 1.75 bits per heavy atom. The molecule has 1 N–H and O–H groups in total. The highest BCUT2D eigenvalue weighted by atomic mass is 16.4. The van der Waals surface area contributed by atoms with E-state index < -0.39 is 6.09 Å². The highest BCUT2D eigenvalue weighted by molar-refractivity contribution is 5.64. The molecule has 0 aromatic heterocycles. The number of amides is 1. The molecule has 1 rings (SSSR count). The number of carboxylic acid groups (broad SMARTS) is 1. The van der Waals surface area contributed by atoms with E-state index in [1.54, 1.807) is 0 Å². The number of hydrogen-bond acceptors (Lipinski definition) is 2. The third kappa shape index (κ3) is 1.50. The molecule has 0 radical (unpaired) electrons. The van der Waals surface area contributed by atoms with Crippen molar-refractivity contribution < 1.29 is 9.90 Å². The van der Waals surface area contributed by atoms with E-state index in [0.29, 0.717) is 6.54 Å². The van der Waals surface area contributed by atoms with Gasteiger partial charge in [0.2, 0.25) is 0 Å². The van der Waals surface area contributed by atoms with Crippen molar-refractivity contribution in [2.24, 2.45) is 5.41 Å². The van der Waals surface area contributed by atoms with E-state index in [1.165, 1.54) is 11.9 Å². The number of carbonyl (C=O) groups is 1. The predicted molar refractivity (Wildman–Crippen MR) is 42.6 cm³/mol. The molecule has 0 atom stereocenters. The lowest BCUT2D eigenvalue weighted by Gasteiger charge is -2.37. The zero-order chi connectivity index (χ0) is 9.19. The van der Waals surface area contributed by atoms with E-state index in [4.69, 9.17) is 10.4 Å². The molecule has 1 amide bonds. The molecule has 0 unspecified atom stereocenters. The third-order valence-electron chi connectivity index (χ3n) is 2.41. The van der Waals surface area contributed by atoms with Crippen molar-refractivity contribution in [1.82, 2.24) is 4.90 Å². The fourth-order valence-electron chi connectivity index (χ4n) is 1.43. The molecule has 1 aliphatic rings. The van der Waals surface area contributed by atoms with E-state index in [1.807, 2.05) is 0 Å². The number of nitriles is 1. The van der Waals surface area contributed by atoms with Gasteiger partial charge in [-0.15, -0.1) is 0 Å². The summed E-state index contributed by atoms with van der Waals surface area (Å²) in [7, 11) is 1.50. The summed E-state index contributed by atoms with van der Waals surface area (Å²) in [5, 5.41) is 17.4. The second kappa shape index (κ2) is 3.02. The first kappa shape index (κ1) is 8.85. The zero-order valence-corrected chi connectivity index (χ0v) is 7.08. The summed E-state index contributed by atoms with van der Waals surface area (Å²) in [6, 6.07) is 2.20. The molecule has 0 bridgehead atoms. The summed E-state index contributed by atoms with van der Waals surface area (Å²) in [4.78, 5) is 11.6. The second-order valence-electron chi connectivity index (χ2n) is 3.38. The highest BCUT2D eigenvalue weighted by Gasteiger charge is 2.38. The van der Waals surface area contributed by atoms with Crippen molar-refractivity contribution in [3.8, 4) is 6.07 Å². The summed E-state index contributed by atoms with van der Waals surface area (Å²) in [5.74, 6) is 0. The zero-order valence-electron chi connectivity index (χ0n) is 7.08. The van der Waals surface area contributed by atoms with Gasteiger partial charge in [0.05, 0.1) is 11.5 Å². The van der Waals surface area contributed by atoms with Crippen molar-refractivity contribution in [2.45, 2.75) is 19.3 Å². The predicted octanol–water partition coefficient (Wildman–Crippen LogP) is 1.29. The normalized spacial score (nSPS) is 19.0. The van der Waals surface area contributed by atoms with Crippen molar-refractivity contribution in [2.75, 3.05) is 13.6 Å². The molecule has 0 saturated heterocycles. The van der Waals surface area contributed by atoms with Gasteiger partial charge in [0.15, 0.2) is 0 Å². The number of rotatable bonds is 2. The Morgan fingerprint density at radius 3 is 2.58 bits per heavy atom. The first-order valence-electron chi connectivity index (χ1n) is 3.95. The van der Waals surface area contributed by atoms with Crippen LogP contribution in [0.1, 0.15) is 19.3 Å². The van der Waals surface area contributed by atoms with Gasteiger partial charge in [-0.2, -0.15) is 5.26 Å². The van der Waals surface area contributed by atoms with Crippen molar-refractivity contribution in [1.29, 1.82) is 5.26 Å². The van der Waals surface area contributed by atoms with Crippen LogP contribution in [0.3, 0.4) is 0 Å². The molecular formula is C8H12N2O2. The van der Waals surface area contributed by atoms with Gasteiger partial charge >= 0.3 is 6.09 Å². The summed E-state index contributed by atoms with van der Waals surface area (Å²) in [6.07, 6.45) is 1.75. The van der Waals surface area contributed by atoms with Crippen LogP contribution in [0, 0.1) is 16.7 Å². The minimum absolute atomic E-state index is 0.346. The van der Waals surface area contributed by atoms with Crippen LogP contribution in [-0.2, 0) is 0 Å². The SMILES string of the molecule is CN(CC1(C#N)CCC1)C(=O)O. The standard InChI is InChI=1S/C8H12N2O2/c1-10(7(11)12)6-8(5-9)3-2-4-8/h2-4,6H2,1H3,(H,11,12). The topological polar surface area (TPSA) is 64.3 Å². The Hall–Kier alpha value is -1.24. The quantitative estimate of drug-likeness (QED) is 0.675. The van der Waals surface area contributed by atoms with Crippen LogP contribution in [0.2, 0.25) is 0 Å². The molecular weight excluding hydrogens is 156 g/mol. The first-order valence-corrected chi connectivity index (χ1v) is 3.95. The maximum absolute atomic E-state index is 10.4. The Morgan fingerprint density at radius 2 is 2.33 bits per heavy atom. The molecule has 1 aliphatic carbocycles. The smallest absolute Gasteiger partial charge is 0.407 e. The number of nitrogens with zero attached hydrogens (tertiary/aromatic N) is 2. The van der Waals surface area contributed by atoms with Gasteiger partial charge < -0.3 is 10.0 Å².